The summed E-state index contributed by atoms with van der Waals surface area (Å²) < 4.78 is 0. The molecule has 160 valence electrons. The zero-order valence-electron chi connectivity index (χ0n) is 17.4. The SMILES string of the molecule is CC(=O)c1ccc(CC(=O)c2cccc(CN3CCc4ccc(Cl)cc4C3)c2)cc1.Cl. The Labute approximate surface area is 194 Å². The molecule has 31 heavy (non-hydrogen) atoms. The predicted molar refractivity (Wildman–Crippen MR) is 127 cm³/mol. The summed E-state index contributed by atoms with van der Waals surface area (Å²) in [5.41, 5.74) is 6.10. The third-order valence-corrected chi connectivity index (χ3v) is 5.88. The fourth-order valence-electron chi connectivity index (χ4n) is 3.97. The van der Waals surface area contributed by atoms with Crippen LogP contribution in [0, 0.1) is 0 Å². The Hall–Kier alpha value is -2.46. The molecule has 3 aromatic carbocycles. The Balaban J connectivity index is 0.00000272. The maximum absolute atomic E-state index is 12.8. The summed E-state index contributed by atoms with van der Waals surface area (Å²) in [7, 11) is 0. The Morgan fingerprint density at radius 1 is 0.903 bits per heavy atom. The lowest BCUT2D eigenvalue weighted by Gasteiger charge is -2.29. The predicted octanol–water partition coefficient (Wildman–Crippen LogP) is 5.95. The largest absolute Gasteiger partial charge is 0.295 e. The van der Waals surface area contributed by atoms with Crippen LogP contribution in [0.2, 0.25) is 5.02 Å². The van der Waals surface area contributed by atoms with Crippen LogP contribution in [0.15, 0.2) is 66.7 Å². The van der Waals surface area contributed by atoms with Gasteiger partial charge >= 0.3 is 0 Å². The Morgan fingerprint density at radius 3 is 2.42 bits per heavy atom. The van der Waals surface area contributed by atoms with Crippen LogP contribution in [0.4, 0.5) is 0 Å². The number of benzene rings is 3. The third kappa shape index (κ3) is 5.82. The fourth-order valence-corrected chi connectivity index (χ4v) is 4.16. The normalized spacial score (nSPS) is 13.2. The van der Waals surface area contributed by atoms with E-state index < -0.39 is 0 Å². The van der Waals surface area contributed by atoms with Crippen molar-refractivity contribution >= 4 is 35.6 Å². The highest BCUT2D eigenvalue weighted by Gasteiger charge is 2.17. The molecule has 1 heterocycles. The highest BCUT2D eigenvalue weighted by atomic mass is 35.5. The molecule has 0 radical (unpaired) electrons. The van der Waals surface area contributed by atoms with E-state index in [4.69, 9.17) is 11.6 Å². The van der Waals surface area contributed by atoms with Crippen molar-refractivity contribution in [2.45, 2.75) is 32.9 Å². The van der Waals surface area contributed by atoms with E-state index in [9.17, 15) is 9.59 Å². The van der Waals surface area contributed by atoms with E-state index >= 15 is 0 Å². The molecule has 0 amide bonds. The van der Waals surface area contributed by atoms with E-state index in [0.29, 0.717) is 12.0 Å². The first-order chi connectivity index (χ1) is 14.5. The van der Waals surface area contributed by atoms with Crippen molar-refractivity contribution in [3.05, 3.63) is 105 Å². The number of hydrogen-bond acceptors (Lipinski definition) is 3. The van der Waals surface area contributed by atoms with E-state index in [1.165, 1.54) is 11.1 Å². The van der Waals surface area contributed by atoms with E-state index in [1.54, 1.807) is 19.1 Å². The molecular formula is C26H25Cl2NO2. The average Bonchev–Trinajstić information content (AvgIpc) is 2.74. The van der Waals surface area contributed by atoms with Crippen LogP contribution in [0.5, 0.6) is 0 Å². The quantitative estimate of drug-likeness (QED) is 0.432. The Bertz CT molecular complexity index is 1090. The second-order valence-electron chi connectivity index (χ2n) is 7.93. The number of halogens is 2. The van der Waals surface area contributed by atoms with Gasteiger partial charge in [0.15, 0.2) is 11.6 Å². The molecule has 4 rings (SSSR count). The lowest BCUT2D eigenvalue weighted by atomic mass is 9.98. The number of ketones is 2. The molecule has 0 N–H and O–H groups in total. The van der Waals surface area contributed by atoms with Crippen molar-refractivity contribution < 1.29 is 9.59 Å². The molecule has 0 fully saturated rings. The van der Waals surface area contributed by atoms with Crippen molar-refractivity contribution in [1.82, 2.24) is 4.90 Å². The van der Waals surface area contributed by atoms with Gasteiger partial charge in [-0.3, -0.25) is 14.5 Å². The average molecular weight is 454 g/mol. The molecule has 3 aromatic rings. The number of carbonyl (C=O) groups is 2. The lowest BCUT2D eigenvalue weighted by molar-refractivity contribution is 0.0991. The minimum absolute atomic E-state index is 0. The third-order valence-electron chi connectivity index (χ3n) is 5.64. The van der Waals surface area contributed by atoms with Gasteiger partial charge in [-0.2, -0.15) is 0 Å². The Morgan fingerprint density at radius 2 is 1.68 bits per heavy atom. The summed E-state index contributed by atoms with van der Waals surface area (Å²) in [5.74, 6) is 0.117. The van der Waals surface area contributed by atoms with E-state index in [1.807, 2.05) is 36.4 Å². The first kappa shape index (κ1) is 23.2. The van der Waals surface area contributed by atoms with Gasteiger partial charge in [-0.05, 0) is 53.8 Å². The van der Waals surface area contributed by atoms with Gasteiger partial charge in [0.2, 0.25) is 0 Å². The lowest BCUT2D eigenvalue weighted by Crippen LogP contribution is -2.30. The zero-order valence-corrected chi connectivity index (χ0v) is 19.0. The van der Waals surface area contributed by atoms with Gasteiger partial charge < -0.3 is 0 Å². The van der Waals surface area contributed by atoms with Gasteiger partial charge in [0.1, 0.15) is 0 Å². The number of fused-ring (bicyclic) bond motifs is 1. The van der Waals surface area contributed by atoms with E-state index in [0.717, 1.165) is 47.8 Å². The zero-order chi connectivity index (χ0) is 21.1. The highest BCUT2D eigenvalue weighted by molar-refractivity contribution is 6.30. The molecule has 1 aliphatic rings. The molecule has 0 atom stereocenters. The minimum Gasteiger partial charge on any atom is -0.295 e. The number of nitrogens with zero attached hydrogens (tertiary/aromatic N) is 1. The molecule has 0 saturated carbocycles. The fraction of sp³-hybridized carbons (Fsp3) is 0.231. The van der Waals surface area contributed by atoms with Crippen molar-refractivity contribution in [2.75, 3.05) is 6.54 Å². The molecule has 0 aromatic heterocycles. The molecule has 5 heteroatoms. The number of rotatable bonds is 6. The first-order valence-electron chi connectivity index (χ1n) is 10.2. The van der Waals surface area contributed by atoms with Crippen molar-refractivity contribution in [1.29, 1.82) is 0 Å². The van der Waals surface area contributed by atoms with Crippen LogP contribution in [0.1, 0.15) is 49.9 Å². The molecule has 3 nitrogen and oxygen atoms in total. The van der Waals surface area contributed by atoms with Crippen LogP contribution in [0.25, 0.3) is 0 Å². The summed E-state index contributed by atoms with van der Waals surface area (Å²) in [6, 6.07) is 21.3. The van der Waals surface area contributed by atoms with Crippen LogP contribution >= 0.6 is 24.0 Å². The summed E-state index contributed by atoms with van der Waals surface area (Å²) in [6.45, 7) is 4.22. The van der Waals surface area contributed by atoms with Crippen molar-refractivity contribution in [3.63, 3.8) is 0 Å². The Kier molecular flexibility index (Phi) is 7.66. The molecule has 0 spiro atoms. The molecule has 0 unspecified atom stereocenters. The van der Waals surface area contributed by atoms with Gasteiger partial charge in [0, 0.05) is 42.2 Å². The van der Waals surface area contributed by atoms with Crippen molar-refractivity contribution in [2.24, 2.45) is 0 Å². The first-order valence-corrected chi connectivity index (χ1v) is 10.6. The summed E-state index contributed by atoms with van der Waals surface area (Å²) in [6.07, 6.45) is 1.35. The molecular weight excluding hydrogens is 429 g/mol. The number of carbonyl (C=O) groups excluding carboxylic acids is 2. The van der Waals surface area contributed by atoms with Gasteiger partial charge in [0.25, 0.3) is 0 Å². The maximum atomic E-state index is 12.8. The van der Waals surface area contributed by atoms with Crippen LogP contribution in [-0.2, 0) is 25.9 Å². The summed E-state index contributed by atoms with van der Waals surface area (Å²) in [4.78, 5) is 26.6. The van der Waals surface area contributed by atoms with Crippen LogP contribution in [-0.4, -0.2) is 23.0 Å². The topological polar surface area (TPSA) is 37.4 Å². The molecule has 0 bridgehead atoms. The molecule has 0 saturated heterocycles. The standard InChI is InChI=1S/C26H24ClNO2.ClH/c1-18(29)21-7-5-19(6-8-21)14-26(30)23-4-2-3-20(13-23)16-28-12-11-22-9-10-25(27)15-24(22)17-28;/h2-10,13,15H,11-12,14,16-17H2,1H3;1H. The van der Waals surface area contributed by atoms with Crippen molar-refractivity contribution in [3.8, 4) is 0 Å². The molecule has 0 aliphatic carbocycles. The monoisotopic (exact) mass is 453 g/mol. The number of hydrogen-bond donors (Lipinski definition) is 0. The second kappa shape index (κ2) is 10.2. The summed E-state index contributed by atoms with van der Waals surface area (Å²) >= 11 is 6.16. The van der Waals surface area contributed by atoms with E-state index in [-0.39, 0.29) is 24.0 Å². The highest BCUT2D eigenvalue weighted by Crippen LogP contribution is 2.24. The van der Waals surface area contributed by atoms with Gasteiger partial charge in [-0.15, -0.1) is 12.4 Å². The van der Waals surface area contributed by atoms with Crippen LogP contribution < -0.4 is 0 Å². The smallest absolute Gasteiger partial charge is 0.167 e. The van der Waals surface area contributed by atoms with Gasteiger partial charge in [-0.1, -0.05) is 60.1 Å². The molecule has 1 aliphatic heterocycles. The van der Waals surface area contributed by atoms with Gasteiger partial charge in [-0.25, -0.2) is 0 Å². The van der Waals surface area contributed by atoms with Crippen LogP contribution in [0.3, 0.4) is 0 Å². The second-order valence-corrected chi connectivity index (χ2v) is 8.36. The van der Waals surface area contributed by atoms with Gasteiger partial charge in [0.05, 0.1) is 0 Å². The minimum atomic E-state index is 0. The summed E-state index contributed by atoms with van der Waals surface area (Å²) in [5, 5.41) is 0.777. The maximum Gasteiger partial charge on any atom is 0.167 e. The number of Topliss-reactive ketones (excluding diaryl/α,β-unsaturated/α-hetero) is 2. The van der Waals surface area contributed by atoms with E-state index in [2.05, 4.69) is 23.1 Å².